The lowest BCUT2D eigenvalue weighted by atomic mass is 9.94. The highest BCUT2D eigenvalue weighted by atomic mass is 16.1. The van der Waals surface area contributed by atoms with E-state index in [0.717, 1.165) is 18.4 Å². The summed E-state index contributed by atoms with van der Waals surface area (Å²) in [5.74, 6) is -0.0386. The monoisotopic (exact) mass is 325 g/mol. The van der Waals surface area contributed by atoms with E-state index in [0.29, 0.717) is 17.6 Å². The van der Waals surface area contributed by atoms with Crippen molar-refractivity contribution >= 4 is 16.9 Å². The molecule has 5 heteroatoms. The Hall–Kier alpha value is -2.43. The number of hydrogen-bond donors (Lipinski definition) is 2. The number of benzene rings is 1. The number of H-pyrrole nitrogens is 1. The maximum atomic E-state index is 12.2. The third-order valence-electron chi connectivity index (χ3n) is 4.52. The molecule has 5 nitrogen and oxygen atoms in total. The van der Waals surface area contributed by atoms with Crippen LogP contribution in [0.2, 0.25) is 0 Å². The standard InChI is InChI=1S/C19H23N3O2/c1-13(14-7-3-2-4-8-14)20-18(23)12-11-17-19(24)22-16-10-6-5-9-15(16)21-17/h5-7,9-10,13H,2-4,8,11-12H2,1H3,(H,20,23)(H,22,24)/t13-/m1/s1. The summed E-state index contributed by atoms with van der Waals surface area (Å²) in [7, 11) is 0. The number of aromatic nitrogens is 2. The van der Waals surface area contributed by atoms with Gasteiger partial charge < -0.3 is 10.3 Å². The number of allylic oxidation sites excluding steroid dienone is 1. The van der Waals surface area contributed by atoms with Crippen molar-refractivity contribution in [1.29, 1.82) is 0 Å². The van der Waals surface area contributed by atoms with Gasteiger partial charge in [0.05, 0.1) is 11.0 Å². The maximum absolute atomic E-state index is 12.2. The van der Waals surface area contributed by atoms with Gasteiger partial charge in [0, 0.05) is 18.9 Å². The molecule has 0 unspecified atom stereocenters. The van der Waals surface area contributed by atoms with Gasteiger partial charge in [-0.25, -0.2) is 4.98 Å². The highest BCUT2D eigenvalue weighted by Gasteiger charge is 2.15. The van der Waals surface area contributed by atoms with Gasteiger partial charge in [-0.3, -0.25) is 9.59 Å². The highest BCUT2D eigenvalue weighted by molar-refractivity contribution is 5.77. The third kappa shape index (κ3) is 3.91. The first-order chi connectivity index (χ1) is 11.6. The van der Waals surface area contributed by atoms with E-state index in [1.165, 1.54) is 18.4 Å². The molecule has 1 amide bonds. The lowest BCUT2D eigenvalue weighted by Crippen LogP contribution is -2.34. The summed E-state index contributed by atoms with van der Waals surface area (Å²) in [4.78, 5) is 31.4. The summed E-state index contributed by atoms with van der Waals surface area (Å²) in [6.45, 7) is 2.02. The van der Waals surface area contributed by atoms with Gasteiger partial charge in [0.25, 0.3) is 5.56 Å². The number of carbonyl (C=O) groups excluding carboxylic acids is 1. The average molecular weight is 325 g/mol. The first-order valence-electron chi connectivity index (χ1n) is 8.60. The molecule has 24 heavy (non-hydrogen) atoms. The first-order valence-corrected chi connectivity index (χ1v) is 8.60. The molecule has 1 heterocycles. The Morgan fingerprint density at radius 3 is 2.96 bits per heavy atom. The van der Waals surface area contributed by atoms with Crippen LogP contribution >= 0.6 is 0 Å². The summed E-state index contributed by atoms with van der Waals surface area (Å²) in [5, 5.41) is 3.03. The van der Waals surface area contributed by atoms with Crippen LogP contribution in [0.3, 0.4) is 0 Å². The van der Waals surface area contributed by atoms with Crippen LogP contribution in [0.4, 0.5) is 0 Å². The van der Waals surface area contributed by atoms with Crippen molar-refractivity contribution < 1.29 is 4.79 Å². The Balaban J connectivity index is 1.61. The molecule has 1 aromatic carbocycles. The van der Waals surface area contributed by atoms with Crippen LogP contribution < -0.4 is 10.9 Å². The number of rotatable bonds is 5. The summed E-state index contributed by atoms with van der Waals surface area (Å²) >= 11 is 0. The molecule has 1 aromatic heterocycles. The number of carbonyl (C=O) groups is 1. The molecule has 1 atom stereocenters. The van der Waals surface area contributed by atoms with Crippen molar-refractivity contribution in [1.82, 2.24) is 15.3 Å². The molecule has 0 saturated heterocycles. The Kier molecular flexibility index (Phi) is 5.08. The van der Waals surface area contributed by atoms with Crippen LogP contribution in [0.15, 0.2) is 40.7 Å². The summed E-state index contributed by atoms with van der Waals surface area (Å²) in [5.41, 5.74) is 2.97. The molecular weight excluding hydrogens is 302 g/mol. The van der Waals surface area contributed by atoms with E-state index in [-0.39, 0.29) is 23.9 Å². The number of aryl methyl sites for hydroxylation is 1. The lowest BCUT2D eigenvalue weighted by Gasteiger charge is -2.20. The van der Waals surface area contributed by atoms with Crippen molar-refractivity contribution in [2.24, 2.45) is 0 Å². The molecule has 3 rings (SSSR count). The Bertz CT molecular complexity index is 823. The van der Waals surface area contributed by atoms with Crippen LogP contribution in [-0.4, -0.2) is 21.9 Å². The van der Waals surface area contributed by atoms with Gasteiger partial charge in [0.2, 0.25) is 5.91 Å². The Labute approximate surface area is 141 Å². The minimum Gasteiger partial charge on any atom is -0.350 e. The number of para-hydroxylation sites is 2. The van der Waals surface area contributed by atoms with Gasteiger partial charge >= 0.3 is 0 Å². The Morgan fingerprint density at radius 1 is 1.33 bits per heavy atom. The van der Waals surface area contributed by atoms with E-state index in [9.17, 15) is 9.59 Å². The van der Waals surface area contributed by atoms with Gasteiger partial charge in [0.15, 0.2) is 0 Å². The number of aromatic amines is 1. The molecule has 0 spiro atoms. The van der Waals surface area contributed by atoms with Crippen LogP contribution in [-0.2, 0) is 11.2 Å². The average Bonchev–Trinajstić information content (AvgIpc) is 2.60. The highest BCUT2D eigenvalue weighted by Crippen LogP contribution is 2.20. The zero-order valence-corrected chi connectivity index (χ0v) is 14.0. The van der Waals surface area contributed by atoms with Gasteiger partial charge in [-0.05, 0) is 44.7 Å². The molecule has 0 bridgehead atoms. The maximum Gasteiger partial charge on any atom is 0.270 e. The van der Waals surface area contributed by atoms with Crippen LogP contribution in [0.5, 0.6) is 0 Å². The largest absolute Gasteiger partial charge is 0.350 e. The molecule has 1 aliphatic carbocycles. The van der Waals surface area contributed by atoms with E-state index in [1.54, 1.807) is 0 Å². The summed E-state index contributed by atoms with van der Waals surface area (Å²) in [6, 6.07) is 7.48. The van der Waals surface area contributed by atoms with Crippen molar-refractivity contribution in [3.05, 3.63) is 52.0 Å². The first kappa shape index (κ1) is 16.4. The predicted molar refractivity (Wildman–Crippen MR) is 94.8 cm³/mol. The Morgan fingerprint density at radius 2 is 2.17 bits per heavy atom. The molecule has 126 valence electrons. The van der Waals surface area contributed by atoms with Crippen molar-refractivity contribution in [2.75, 3.05) is 0 Å². The minimum absolute atomic E-state index is 0.0386. The van der Waals surface area contributed by atoms with E-state index in [4.69, 9.17) is 0 Å². The number of hydrogen-bond acceptors (Lipinski definition) is 3. The van der Waals surface area contributed by atoms with E-state index >= 15 is 0 Å². The number of amides is 1. The van der Waals surface area contributed by atoms with Crippen molar-refractivity contribution in [2.45, 2.75) is 51.5 Å². The SMILES string of the molecule is C[C@@H](NC(=O)CCc1nc2ccccc2[nH]c1=O)C1=CCCCC1. The number of nitrogens with one attached hydrogen (secondary N) is 2. The topological polar surface area (TPSA) is 74.8 Å². The summed E-state index contributed by atoms with van der Waals surface area (Å²) < 4.78 is 0. The van der Waals surface area contributed by atoms with Gasteiger partial charge in [-0.15, -0.1) is 0 Å². The van der Waals surface area contributed by atoms with Crippen molar-refractivity contribution in [3.63, 3.8) is 0 Å². The lowest BCUT2D eigenvalue weighted by molar-refractivity contribution is -0.121. The zero-order valence-electron chi connectivity index (χ0n) is 14.0. The fraction of sp³-hybridized carbons (Fsp3) is 0.421. The summed E-state index contributed by atoms with van der Waals surface area (Å²) in [6.07, 6.45) is 7.45. The molecular formula is C19H23N3O2. The van der Waals surface area contributed by atoms with E-state index in [1.807, 2.05) is 31.2 Å². The van der Waals surface area contributed by atoms with Crippen molar-refractivity contribution in [3.8, 4) is 0 Å². The van der Waals surface area contributed by atoms with E-state index in [2.05, 4.69) is 21.4 Å². The van der Waals surface area contributed by atoms with Crippen LogP contribution in [0.1, 0.15) is 44.7 Å². The van der Waals surface area contributed by atoms with Gasteiger partial charge in [-0.2, -0.15) is 0 Å². The predicted octanol–water partition coefficient (Wildman–Crippen LogP) is 2.86. The third-order valence-corrected chi connectivity index (χ3v) is 4.52. The number of nitrogens with zero attached hydrogens (tertiary/aromatic N) is 1. The van der Waals surface area contributed by atoms with E-state index < -0.39 is 0 Å². The smallest absolute Gasteiger partial charge is 0.270 e. The van der Waals surface area contributed by atoms with Gasteiger partial charge in [-0.1, -0.05) is 23.8 Å². The molecule has 2 N–H and O–H groups in total. The minimum atomic E-state index is -0.218. The molecule has 1 aliphatic rings. The fourth-order valence-electron chi connectivity index (χ4n) is 3.13. The molecule has 2 aromatic rings. The molecule has 0 radical (unpaired) electrons. The van der Waals surface area contributed by atoms with Gasteiger partial charge in [0.1, 0.15) is 5.69 Å². The zero-order chi connectivity index (χ0) is 16.9. The second-order valence-corrected chi connectivity index (χ2v) is 6.34. The van der Waals surface area contributed by atoms with Crippen LogP contribution in [0, 0.1) is 0 Å². The second kappa shape index (κ2) is 7.43. The normalized spacial score (nSPS) is 15.8. The number of fused-ring (bicyclic) bond motifs is 1. The second-order valence-electron chi connectivity index (χ2n) is 6.34. The fourth-order valence-corrected chi connectivity index (χ4v) is 3.13. The molecule has 0 saturated carbocycles. The quantitative estimate of drug-likeness (QED) is 0.830. The molecule has 0 aliphatic heterocycles. The van der Waals surface area contributed by atoms with Crippen LogP contribution in [0.25, 0.3) is 11.0 Å². The molecule has 0 fully saturated rings.